The molecule has 0 N–H and O–H groups in total. The van der Waals surface area contributed by atoms with Gasteiger partial charge in [0.05, 0.1) is 23.6 Å². The fourth-order valence-electron chi connectivity index (χ4n) is 3.55. The van der Waals surface area contributed by atoms with Crippen molar-refractivity contribution in [1.82, 2.24) is 9.88 Å². The van der Waals surface area contributed by atoms with Crippen molar-refractivity contribution >= 4 is 29.3 Å². The monoisotopic (exact) mass is 365 g/mol. The second-order valence-electron chi connectivity index (χ2n) is 6.67. The molecule has 3 rings (SSSR count). The fraction of sp³-hybridized carbons (Fsp3) is 0.611. The van der Waals surface area contributed by atoms with Gasteiger partial charge in [-0.25, -0.2) is 4.98 Å². The number of halogens is 1. The Labute approximate surface area is 153 Å². The van der Waals surface area contributed by atoms with Gasteiger partial charge in [0.15, 0.2) is 0 Å². The molecule has 0 bridgehead atoms. The number of methoxy groups -OCH3 is 1. The Morgan fingerprint density at radius 2 is 1.84 bits per heavy atom. The molecule has 0 saturated carbocycles. The number of pyridine rings is 1. The Hall–Kier alpha value is -1.82. The first kappa shape index (κ1) is 18.0. The van der Waals surface area contributed by atoms with Gasteiger partial charge in [0.25, 0.3) is 5.91 Å². The van der Waals surface area contributed by atoms with Crippen LogP contribution in [0.25, 0.3) is 0 Å². The summed E-state index contributed by atoms with van der Waals surface area (Å²) in [6, 6.07) is 1.72. The minimum atomic E-state index is -0.152. The number of anilines is 1. The summed E-state index contributed by atoms with van der Waals surface area (Å²) in [6.45, 7) is 3.01. The Morgan fingerprint density at radius 3 is 2.44 bits per heavy atom. The largest absolute Gasteiger partial charge is 0.469 e. The molecule has 136 valence electrons. The molecule has 0 aromatic carbocycles. The number of nitrogens with zero attached hydrogens (tertiary/aromatic N) is 3. The van der Waals surface area contributed by atoms with Crippen molar-refractivity contribution < 1.29 is 14.3 Å². The van der Waals surface area contributed by atoms with Crippen LogP contribution in [0.3, 0.4) is 0 Å². The molecule has 6 nitrogen and oxygen atoms in total. The molecule has 25 heavy (non-hydrogen) atoms. The van der Waals surface area contributed by atoms with Crippen LogP contribution in [0.15, 0.2) is 12.3 Å². The van der Waals surface area contributed by atoms with Gasteiger partial charge in [-0.2, -0.15) is 0 Å². The average Bonchev–Trinajstić information content (AvgIpc) is 2.67. The van der Waals surface area contributed by atoms with Crippen molar-refractivity contribution in [3.05, 3.63) is 22.8 Å². The first-order chi connectivity index (χ1) is 12.1. The Bertz CT molecular complexity index is 638. The van der Waals surface area contributed by atoms with Crippen LogP contribution in [0.5, 0.6) is 0 Å². The van der Waals surface area contributed by atoms with Crippen LogP contribution in [0, 0.1) is 5.92 Å². The lowest BCUT2D eigenvalue weighted by atomic mass is 9.97. The number of piperidine rings is 2. The summed E-state index contributed by atoms with van der Waals surface area (Å²) in [5.41, 5.74) is 0.542. The maximum atomic E-state index is 12.6. The highest BCUT2D eigenvalue weighted by Crippen LogP contribution is 2.29. The molecule has 7 heteroatoms. The number of hydrogen-bond donors (Lipinski definition) is 0. The predicted octanol–water partition coefficient (Wildman–Crippen LogP) is 2.75. The number of carbonyl (C=O) groups is 2. The van der Waals surface area contributed by atoms with Gasteiger partial charge >= 0.3 is 5.97 Å². The van der Waals surface area contributed by atoms with Crippen LogP contribution >= 0.6 is 11.6 Å². The summed E-state index contributed by atoms with van der Waals surface area (Å²) in [6.07, 6.45) is 6.35. The smallest absolute Gasteiger partial charge is 0.308 e. The highest BCUT2D eigenvalue weighted by Gasteiger charge is 2.27. The normalized spacial score (nSPS) is 19.0. The highest BCUT2D eigenvalue weighted by atomic mass is 35.5. The van der Waals surface area contributed by atoms with E-state index in [1.54, 1.807) is 12.3 Å². The SMILES string of the molecule is COC(=O)C1CCN(c2ncc(C(=O)N3CCCCC3)cc2Cl)CC1. The van der Waals surface area contributed by atoms with Gasteiger partial charge in [0, 0.05) is 32.4 Å². The third-order valence-electron chi connectivity index (χ3n) is 5.04. The molecule has 2 fully saturated rings. The van der Waals surface area contributed by atoms with Crippen molar-refractivity contribution in [2.45, 2.75) is 32.1 Å². The summed E-state index contributed by atoms with van der Waals surface area (Å²) in [5.74, 6) is 0.478. The second kappa shape index (κ2) is 8.04. The van der Waals surface area contributed by atoms with Crippen molar-refractivity contribution in [2.24, 2.45) is 5.92 Å². The lowest BCUT2D eigenvalue weighted by Crippen LogP contribution is -2.37. The van der Waals surface area contributed by atoms with E-state index in [0.29, 0.717) is 29.5 Å². The van der Waals surface area contributed by atoms with E-state index in [1.807, 2.05) is 4.90 Å². The highest BCUT2D eigenvalue weighted by molar-refractivity contribution is 6.33. The molecule has 1 amide bonds. The van der Waals surface area contributed by atoms with Gasteiger partial charge in [-0.3, -0.25) is 9.59 Å². The number of amides is 1. The van der Waals surface area contributed by atoms with Gasteiger partial charge in [-0.1, -0.05) is 11.6 Å². The summed E-state index contributed by atoms with van der Waals surface area (Å²) in [4.78, 5) is 32.6. The van der Waals surface area contributed by atoms with E-state index in [0.717, 1.165) is 38.8 Å². The lowest BCUT2D eigenvalue weighted by molar-refractivity contribution is -0.146. The van der Waals surface area contributed by atoms with E-state index < -0.39 is 0 Å². The van der Waals surface area contributed by atoms with Crippen LogP contribution in [-0.2, 0) is 9.53 Å². The molecule has 2 aliphatic heterocycles. The summed E-state index contributed by atoms with van der Waals surface area (Å²) in [5, 5.41) is 0.486. The Morgan fingerprint density at radius 1 is 1.16 bits per heavy atom. The zero-order valence-electron chi connectivity index (χ0n) is 14.5. The standard InChI is InChI=1S/C18H24ClN3O3/c1-25-18(24)13-5-9-21(10-6-13)16-15(19)11-14(12-20-16)17(23)22-7-3-2-4-8-22/h11-13H,2-10H2,1H3. The number of aromatic nitrogens is 1. The van der Waals surface area contributed by atoms with E-state index in [1.165, 1.54) is 13.5 Å². The van der Waals surface area contributed by atoms with E-state index in [2.05, 4.69) is 9.88 Å². The minimum Gasteiger partial charge on any atom is -0.469 e. The zero-order chi connectivity index (χ0) is 17.8. The van der Waals surface area contributed by atoms with Gasteiger partial charge in [0.2, 0.25) is 0 Å². The van der Waals surface area contributed by atoms with Crippen LogP contribution in [-0.4, -0.2) is 55.0 Å². The number of ether oxygens (including phenoxy) is 1. The summed E-state index contributed by atoms with van der Waals surface area (Å²) in [7, 11) is 1.42. The van der Waals surface area contributed by atoms with E-state index >= 15 is 0 Å². The van der Waals surface area contributed by atoms with Gasteiger partial charge in [-0.05, 0) is 38.2 Å². The zero-order valence-corrected chi connectivity index (χ0v) is 15.3. The molecule has 0 atom stereocenters. The summed E-state index contributed by atoms with van der Waals surface area (Å²) >= 11 is 6.41. The number of esters is 1. The van der Waals surface area contributed by atoms with Crippen molar-refractivity contribution in [3.63, 3.8) is 0 Å². The molecule has 0 unspecified atom stereocenters. The maximum absolute atomic E-state index is 12.6. The van der Waals surface area contributed by atoms with Crippen molar-refractivity contribution in [2.75, 3.05) is 38.2 Å². The molecular weight excluding hydrogens is 342 g/mol. The molecule has 0 radical (unpaired) electrons. The average molecular weight is 366 g/mol. The van der Waals surface area contributed by atoms with Crippen molar-refractivity contribution in [1.29, 1.82) is 0 Å². The summed E-state index contributed by atoms with van der Waals surface area (Å²) < 4.78 is 4.81. The quantitative estimate of drug-likeness (QED) is 0.771. The van der Waals surface area contributed by atoms with Crippen LogP contribution in [0.4, 0.5) is 5.82 Å². The number of hydrogen-bond acceptors (Lipinski definition) is 5. The number of rotatable bonds is 3. The molecule has 1 aromatic heterocycles. The topological polar surface area (TPSA) is 62.7 Å². The Balaban J connectivity index is 1.66. The fourth-order valence-corrected chi connectivity index (χ4v) is 3.84. The van der Waals surface area contributed by atoms with Gasteiger partial charge in [0.1, 0.15) is 5.82 Å². The van der Waals surface area contributed by atoms with Crippen LogP contribution < -0.4 is 4.90 Å². The third kappa shape index (κ3) is 4.06. The molecule has 1 aromatic rings. The van der Waals surface area contributed by atoms with Crippen LogP contribution in [0.1, 0.15) is 42.5 Å². The van der Waals surface area contributed by atoms with Gasteiger partial charge < -0.3 is 14.5 Å². The van der Waals surface area contributed by atoms with E-state index in [9.17, 15) is 9.59 Å². The predicted molar refractivity (Wildman–Crippen MR) is 96.0 cm³/mol. The molecule has 0 spiro atoms. The molecule has 3 heterocycles. The van der Waals surface area contributed by atoms with Crippen LogP contribution in [0.2, 0.25) is 5.02 Å². The molecule has 2 saturated heterocycles. The molecule has 0 aliphatic carbocycles. The number of carbonyl (C=O) groups excluding carboxylic acids is 2. The second-order valence-corrected chi connectivity index (χ2v) is 7.07. The first-order valence-electron chi connectivity index (χ1n) is 8.87. The Kier molecular flexibility index (Phi) is 5.78. The molecule has 2 aliphatic rings. The van der Waals surface area contributed by atoms with Gasteiger partial charge in [-0.15, -0.1) is 0 Å². The van der Waals surface area contributed by atoms with E-state index in [-0.39, 0.29) is 17.8 Å². The molecular formula is C18H24ClN3O3. The lowest BCUT2D eigenvalue weighted by Gasteiger charge is -2.32. The minimum absolute atomic E-state index is 0.00468. The third-order valence-corrected chi connectivity index (χ3v) is 5.32. The van der Waals surface area contributed by atoms with Crippen molar-refractivity contribution in [3.8, 4) is 0 Å². The maximum Gasteiger partial charge on any atom is 0.308 e. The van der Waals surface area contributed by atoms with E-state index in [4.69, 9.17) is 16.3 Å². The number of likely N-dealkylation sites (tertiary alicyclic amines) is 1. The first-order valence-corrected chi connectivity index (χ1v) is 9.25.